The Balaban J connectivity index is 2.46. The normalized spacial score (nSPS) is 10.1. The van der Waals surface area contributed by atoms with E-state index in [1.165, 1.54) is 6.20 Å². The third-order valence-electron chi connectivity index (χ3n) is 2.10. The molecule has 0 saturated heterocycles. The molecule has 2 rings (SSSR count). The van der Waals surface area contributed by atoms with Crippen LogP contribution < -0.4 is 0 Å². The van der Waals surface area contributed by atoms with Gasteiger partial charge < -0.3 is 0 Å². The first kappa shape index (κ1) is 11.3. The number of rotatable bonds is 2. The Bertz CT molecular complexity index is 528. The summed E-state index contributed by atoms with van der Waals surface area (Å²) in [7, 11) is 0. The summed E-state index contributed by atoms with van der Waals surface area (Å²) in [4.78, 5) is 16.0. The molecule has 0 aliphatic carbocycles. The topological polar surface area (TPSA) is 30.0 Å². The van der Waals surface area contributed by atoms with Gasteiger partial charge in [-0.05, 0) is 30.3 Å². The Morgan fingerprint density at radius 3 is 2.81 bits per heavy atom. The molecule has 80 valence electrons. The van der Waals surface area contributed by atoms with Gasteiger partial charge >= 0.3 is 0 Å². The van der Waals surface area contributed by atoms with Gasteiger partial charge in [0.05, 0.1) is 5.02 Å². The van der Waals surface area contributed by atoms with Crippen molar-refractivity contribution >= 4 is 33.3 Å². The first-order valence-electron chi connectivity index (χ1n) is 4.58. The van der Waals surface area contributed by atoms with E-state index >= 15 is 0 Å². The molecular formula is C12H7BrClNO. The summed E-state index contributed by atoms with van der Waals surface area (Å²) in [6.07, 6.45) is 3.15. The van der Waals surface area contributed by atoms with Crippen molar-refractivity contribution in [3.8, 4) is 0 Å². The Morgan fingerprint density at radius 1 is 1.31 bits per heavy atom. The molecule has 0 unspecified atom stereocenters. The van der Waals surface area contributed by atoms with Crippen molar-refractivity contribution in [2.45, 2.75) is 0 Å². The van der Waals surface area contributed by atoms with E-state index in [1.54, 1.807) is 36.5 Å². The van der Waals surface area contributed by atoms with Crippen LogP contribution in [0.3, 0.4) is 0 Å². The van der Waals surface area contributed by atoms with Crippen molar-refractivity contribution in [2.24, 2.45) is 0 Å². The highest BCUT2D eigenvalue weighted by Crippen LogP contribution is 2.23. The predicted molar refractivity (Wildman–Crippen MR) is 66.8 cm³/mol. The summed E-state index contributed by atoms with van der Waals surface area (Å²) >= 11 is 9.29. The van der Waals surface area contributed by atoms with Crippen molar-refractivity contribution in [3.63, 3.8) is 0 Å². The maximum Gasteiger partial charge on any atom is 0.196 e. The largest absolute Gasteiger partial charge is 0.288 e. The SMILES string of the molecule is O=C(c1cccnc1)c1cc(Br)ccc1Cl. The second kappa shape index (κ2) is 4.76. The first-order chi connectivity index (χ1) is 7.68. The van der Waals surface area contributed by atoms with Crippen molar-refractivity contribution in [1.82, 2.24) is 4.98 Å². The lowest BCUT2D eigenvalue weighted by molar-refractivity contribution is 0.103. The number of halogens is 2. The fourth-order valence-electron chi connectivity index (χ4n) is 1.32. The zero-order valence-corrected chi connectivity index (χ0v) is 10.5. The lowest BCUT2D eigenvalue weighted by atomic mass is 10.1. The Kier molecular flexibility index (Phi) is 3.36. The van der Waals surface area contributed by atoms with E-state index in [4.69, 9.17) is 11.6 Å². The molecule has 0 aliphatic rings. The first-order valence-corrected chi connectivity index (χ1v) is 5.75. The highest BCUT2D eigenvalue weighted by Gasteiger charge is 2.12. The third-order valence-corrected chi connectivity index (χ3v) is 2.92. The van der Waals surface area contributed by atoms with Gasteiger partial charge in [0.15, 0.2) is 5.78 Å². The van der Waals surface area contributed by atoms with Gasteiger partial charge in [-0.1, -0.05) is 27.5 Å². The lowest BCUT2D eigenvalue weighted by Crippen LogP contribution is -2.02. The molecule has 2 aromatic rings. The van der Waals surface area contributed by atoms with Crippen LogP contribution in [0.2, 0.25) is 5.02 Å². The van der Waals surface area contributed by atoms with Crippen LogP contribution in [0.25, 0.3) is 0 Å². The molecule has 0 bridgehead atoms. The fraction of sp³-hybridized carbons (Fsp3) is 0. The van der Waals surface area contributed by atoms with Crippen molar-refractivity contribution in [1.29, 1.82) is 0 Å². The number of benzene rings is 1. The molecule has 0 spiro atoms. The summed E-state index contributed by atoms with van der Waals surface area (Å²) in [6, 6.07) is 8.63. The molecule has 0 aliphatic heterocycles. The molecule has 1 aromatic heterocycles. The van der Waals surface area contributed by atoms with Gasteiger partial charge in [-0.15, -0.1) is 0 Å². The van der Waals surface area contributed by atoms with Gasteiger partial charge in [0, 0.05) is 28.0 Å². The number of aromatic nitrogens is 1. The van der Waals surface area contributed by atoms with Crippen LogP contribution in [0.5, 0.6) is 0 Å². The third kappa shape index (κ3) is 2.31. The van der Waals surface area contributed by atoms with Gasteiger partial charge in [0.2, 0.25) is 0 Å². The zero-order chi connectivity index (χ0) is 11.5. The molecular weight excluding hydrogens is 289 g/mol. The summed E-state index contributed by atoms with van der Waals surface area (Å²) in [6.45, 7) is 0. The van der Waals surface area contributed by atoms with E-state index in [9.17, 15) is 4.79 Å². The number of pyridine rings is 1. The van der Waals surface area contributed by atoms with Crippen LogP contribution >= 0.6 is 27.5 Å². The highest BCUT2D eigenvalue weighted by molar-refractivity contribution is 9.10. The fourth-order valence-corrected chi connectivity index (χ4v) is 1.89. The van der Waals surface area contributed by atoms with Crippen molar-refractivity contribution in [3.05, 3.63) is 63.3 Å². The number of hydrogen-bond donors (Lipinski definition) is 0. The van der Waals surface area contributed by atoms with Crippen LogP contribution in [-0.2, 0) is 0 Å². The molecule has 0 fully saturated rings. The summed E-state index contributed by atoms with van der Waals surface area (Å²) in [5.41, 5.74) is 1.01. The number of carbonyl (C=O) groups excluding carboxylic acids is 1. The zero-order valence-electron chi connectivity index (χ0n) is 8.15. The van der Waals surface area contributed by atoms with E-state index < -0.39 is 0 Å². The quantitative estimate of drug-likeness (QED) is 0.790. The van der Waals surface area contributed by atoms with E-state index in [2.05, 4.69) is 20.9 Å². The molecule has 16 heavy (non-hydrogen) atoms. The molecule has 0 radical (unpaired) electrons. The van der Waals surface area contributed by atoms with Crippen LogP contribution in [0.15, 0.2) is 47.2 Å². The molecule has 0 saturated carbocycles. The van der Waals surface area contributed by atoms with Crippen molar-refractivity contribution in [2.75, 3.05) is 0 Å². The molecule has 0 atom stereocenters. The molecule has 1 aromatic carbocycles. The average Bonchev–Trinajstić information content (AvgIpc) is 2.32. The Hall–Kier alpha value is -1.19. The minimum atomic E-state index is -0.126. The van der Waals surface area contributed by atoms with Gasteiger partial charge in [-0.25, -0.2) is 0 Å². The number of ketones is 1. The molecule has 4 heteroatoms. The van der Waals surface area contributed by atoms with Crippen LogP contribution in [0, 0.1) is 0 Å². The highest BCUT2D eigenvalue weighted by atomic mass is 79.9. The van der Waals surface area contributed by atoms with Gasteiger partial charge in [-0.2, -0.15) is 0 Å². The van der Waals surface area contributed by atoms with E-state index in [0.29, 0.717) is 16.1 Å². The molecule has 1 heterocycles. The monoisotopic (exact) mass is 295 g/mol. The standard InChI is InChI=1S/C12H7BrClNO/c13-9-3-4-11(14)10(6-9)12(16)8-2-1-5-15-7-8/h1-7H. The number of hydrogen-bond acceptors (Lipinski definition) is 2. The maximum absolute atomic E-state index is 12.1. The minimum absolute atomic E-state index is 0.126. The van der Waals surface area contributed by atoms with E-state index in [-0.39, 0.29) is 5.78 Å². The summed E-state index contributed by atoms with van der Waals surface area (Å²) in [5.74, 6) is -0.126. The van der Waals surface area contributed by atoms with E-state index in [0.717, 1.165) is 4.47 Å². The second-order valence-electron chi connectivity index (χ2n) is 3.19. The number of nitrogens with zero attached hydrogens (tertiary/aromatic N) is 1. The lowest BCUT2D eigenvalue weighted by Gasteiger charge is -2.03. The van der Waals surface area contributed by atoms with Gasteiger partial charge in [0.25, 0.3) is 0 Å². The minimum Gasteiger partial charge on any atom is -0.288 e. The maximum atomic E-state index is 12.1. The Labute approximate surface area is 106 Å². The van der Waals surface area contributed by atoms with Crippen LogP contribution in [0.1, 0.15) is 15.9 Å². The summed E-state index contributed by atoms with van der Waals surface area (Å²) in [5, 5.41) is 0.442. The predicted octanol–water partition coefficient (Wildman–Crippen LogP) is 3.73. The Morgan fingerprint density at radius 2 is 2.12 bits per heavy atom. The summed E-state index contributed by atoms with van der Waals surface area (Å²) < 4.78 is 0.823. The number of carbonyl (C=O) groups is 1. The second-order valence-corrected chi connectivity index (χ2v) is 4.52. The average molecular weight is 297 g/mol. The van der Waals surface area contributed by atoms with Gasteiger partial charge in [0.1, 0.15) is 0 Å². The molecule has 0 amide bonds. The van der Waals surface area contributed by atoms with E-state index in [1.807, 2.05) is 0 Å². The molecule has 0 N–H and O–H groups in total. The van der Waals surface area contributed by atoms with Crippen LogP contribution in [-0.4, -0.2) is 10.8 Å². The molecule has 2 nitrogen and oxygen atoms in total. The van der Waals surface area contributed by atoms with Crippen LogP contribution in [0.4, 0.5) is 0 Å². The van der Waals surface area contributed by atoms with Crippen molar-refractivity contribution < 1.29 is 4.79 Å². The van der Waals surface area contributed by atoms with Gasteiger partial charge in [-0.3, -0.25) is 9.78 Å². The smallest absolute Gasteiger partial charge is 0.196 e.